The van der Waals surface area contributed by atoms with Crippen LogP contribution >= 0.6 is 0 Å². The van der Waals surface area contributed by atoms with Gasteiger partial charge in [-0.2, -0.15) is 0 Å². The summed E-state index contributed by atoms with van der Waals surface area (Å²) in [4.78, 5) is 11.2. The van der Waals surface area contributed by atoms with Crippen LogP contribution in [0.2, 0.25) is 0 Å². The SMILES string of the molecule is C=C(C)C(=O)OC(C)C(F)CCCCCCC. The Morgan fingerprint density at radius 2 is 1.88 bits per heavy atom. The normalized spacial score (nSPS) is 14.1. The maximum absolute atomic E-state index is 13.6. The van der Waals surface area contributed by atoms with E-state index >= 15 is 0 Å². The predicted molar refractivity (Wildman–Crippen MR) is 68.6 cm³/mol. The number of halogens is 1. The van der Waals surface area contributed by atoms with Crippen LogP contribution < -0.4 is 0 Å². The summed E-state index contributed by atoms with van der Waals surface area (Å²) in [6.07, 6.45) is 4.18. The maximum Gasteiger partial charge on any atom is 0.333 e. The Hall–Kier alpha value is -0.860. The molecule has 0 radical (unpaired) electrons. The number of hydrogen-bond donors (Lipinski definition) is 0. The summed E-state index contributed by atoms with van der Waals surface area (Å²) >= 11 is 0. The van der Waals surface area contributed by atoms with Crippen LogP contribution in [-0.2, 0) is 9.53 Å². The fourth-order valence-electron chi connectivity index (χ4n) is 1.52. The minimum atomic E-state index is -1.07. The first-order chi connectivity index (χ1) is 7.99. The molecule has 0 aliphatic rings. The van der Waals surface area contributed by atoms with Crippen LogP contribution in [0.3, 0.4) is 0 Å². The van der Waals surface area contributed by atoms with Gasteiger partial charge >= 0.3 is 5.97 Å². The topological polar surface area (TPSA) is 26.3 Å². The fraction of sp³-hybridized carbons (Fsp3) is 0.786. The van der Waals surface area contributed by atoms with Gasteiger partial charge in [0.1, 0.15) is 12.3 Å². The van der Waals surface area contributed by atoms with Crippen molar-refractivity contribution >= 4 is 5.97 Å². The van der Waals surface area contributed by atoms with Crippen molar-refractivity contribution in [1.29, 1.82) is 0 Å². The molecule has 0 N–H and O–H groups in total. The number of ether oxygens (including phenoxy) is 1. The smallest absolute Gasteiger partial charge is 0.333 e. The molecule has 0 aromatic heterocycles. The van der Waals surface area contributed by atoms with Crippen molar-refractivity contribution < 1.29 is 13.9 Å². The zero-order chi connectivity index (χ0) is 13.3. The van der Waals surface area contributed by atoms with E-state index in [1.165, 1.54) is 12.8 Å². The van der Waals surface area contributed by atoms with Gasteiger partial charge in [0.2, 0.25) is 0 Å². The van der Waals surface area contributed by atoms with Gasteiger partial charge in [-0.3, -0.25) is 0 Å². The fourth-order valence-corrected chi connectivity index (χ4v) is 1.52. The van der Waals surface area contributed by atoms with Gasteiger partial charge in [-0.1, -0.05) is 45.6 Å². The van der Waals surface area contributed by atoms with Crippen LogP contribution in [0.1, 0.15) is 59.3 Å². The monoisotopic (exact) mass is 244 g/mol. The second-order valence-corrected chi connectivity index (χ2v) is 4.61. The molecule has 2 unspecified atom stereocenters. The lowest BCUT2D eigenvalue weighted by molar-refractivity contribution is -0.146. The van der Waals surface area contributed by atoms with Crippen molar-refractivity contribution in [3.05, 3.63) is 12.2 Å². The molecule has 0 amide bonds. The van der Waals surface area contributed by atoms with Crippen molar-refractivity contribution in [2.75, 3.05) is 0 Å². The highest BCUT2D eigenvalue weighted by Gasteiger charge is 2.20. The Labute approximate surface area is 104 Å². The molecular formula is C14H25FO2. The van der Waals surface area contributed by atoms with Crippen molar-refractivity contribution in [3.63, 3.8) is 0 Å². The molecule has 0 aromatic rings. The summed E-state index contributed by atoms with van der Waals surface area (Å²) in [6, 6.07) is 0. The minimum Gasteiger partial charge on any atom is -0.456 e. The summed E-state index contributed by atoms with van der Waals surface area (Å²) in [5.74, 6) is -0.508. The van der Waals surface area contributed by atoms with E-state index in [0.29, 0.717) is 12.0 Å². The lowest BCUT2D eigenvalue weighted by atomic mass is 10.1. The molecule has 2 atom stereocenters. The second-order valence-electron chi connectivity index (χ2n) is 4.61. The maximum atomic E-state index is 13.6. The van der Waals surface area contributed by atoms with Crippen LogP contribution in [0.15, 0.2) is 12.2 Å². The molecule has 0 saturated heterocycles. The largest absolute Gasteiger partial charge is 0.456 e. The Morgan fingerprint density at radius 1 is 1.29 bits per heavy atom. The molecule has 100 valence electrons. The minimum absolute atomic E-state index is 0.312. The quantitative estimate of drug-likeness (QED) is 0.345. The highest BCUT2D eigenvalue weighted by atomic mass is 19.1. The highest BCUT2D eigenvalue weighted by molar-refractivity contribution is 5.87. The summed E-state index contributed by atoms with van der Waals surface area (Å²) in [5, 5.41) is 0. The zero-order valence-electron chi connectivity index (χ0n) is 11.3. The first kappa shape index (κ1) is 16.1. The molecule has 0 heterocycles. The standard InChI is InChI=1S/C14H25FO2/c1-5-6-7-8-9-10-13(15)12(4)17-14(16)11(2)3/h12-13H,2,5-10H2,1,3-4H3. The molecule has 3 heteroatoms. The third kappa shape index (κ3) is 7.94. The van der Waals surface area contributed by atoms with E-state index in [4.69, 9.17) is 4.74 Å². The van der Waals surface area contributed by atoms with Crippen LogP contribution in [0, 0.1) is 0 Å². The van der Waals surface area contributed by atoms with Crippen molar-refractivity contribution in [3.8, 4) is 0 Å². The molecule has 0 bridgehead atoms. The summed E-state index contributed by atoms with van der Waals surface area (Å²) in [5.41, 5.74) is 0.312. The second kappa shape index (κ2) is 9.20. The number of carbonyl (C=O) groups excluding carboxylic acids is 1. The predicted octanol–water partition coefficient (Wildman–Crippen LogP) is 4.19. The summed E-state index contributed by atoms with van der Waals surface area (Å²) < 4.78 is 18.6. The average molecular weight is 244 g/mol. The van der Waals surface area contributed by atoms with E-state index in [-0.39, 0.29) is 0 Å². The summed E-state index contributed by atoms with van der Waals surface area (Å²) in [6.45, 7) is 8.77. The molecule has 0 aromatic carbocycles. The van der Waals surface area contributed by atoms with Crippen molar-refractivity contribution in [2.24, 2.45) is 0 Å². The molecule has 0 fully saturated rings. The third-order valence-corrected chi connectivity index (χ3v) is 2.73. The van der Waals surface area contributed by atoms with Gasteiger partial charge in [0.25, 0.3) is 0 Å². The van der Waals surface area contributed by atoms with E-state index in [2.05, 4.69) is 13.5 Å². The van der Waals surface area contributed by atoms with Gasteiger partial charge in [-0.15, -0.1) is 0 Å². The molecular weight excluding hydrogens is 219 g/mol. The van der Waals surface area contributed by atoms with Gasteiger partial charge in [-0.25, -0.2) is 9.18 Å². The number of esters is 1. The van der Waals surface area contributed by atoms with E-state index < -0.39 is 18.2 Å². The lowest BCUT2D eigenvalue weighted by Gasteiger charge is -2.17. The van der Waals surface area contributed by atoms with Gasteiger partial charge in [0.15, 0.2) is 0 Å². The Morgan fingerprint density at radius 3 is 2.41 bits per heavy atom. The van der Waals surface area contributed by atoms with Gasteiger partial charge < -0.3 is 4.74 Å². The first-order valence-corrected chi connectivity index (χ1v) is 6.49. The van der Waals surface area contributed by atoms with Crippen molar-refractivity contribution in [1.82, 2.24) is 0 Å². The average Bonchev–Trinajstić information content (AvgIpc) is 2.28. The van der Waals surface area contributed by atoms with Gasteiger partial charge in [0.05, 0.1) is 0 Å². The zero-order valence-corrected chi connectivity index (χ0v) is 11.3. The number of hydrogen-bond acceptors (Lipinski definition) is 2. The third-order valence-electron chi connectivity index (χ3n) is 2.73. The van der Waals surface area contributed by atoms with E-state index in [0.717, 1.165) is 19.3 Å². The Bertz CT molecular complexity index is 238. The van der Waals surface area contributed by atoms with Gasteiger partial charge in [0, 0.05) is 5.57 Å². The molecule has 0 aliphatic heterocycles. The van der Waals surface area contributed by atoms with Crippen LogP contribution in [0.5, 0.6) is 0 Å². The number of rotatable bonds is 9. The Balaban J connectivity index is 3.70. The summed E-state index contributed by atoms with van der Waals surface area (Å²) in [7, 11) is 0. The number of alkyl halides is 1. The molecule has 17 heavy (non-hydrogen) atoms. The molecule has 0 aliphatic carbocycles. The molecule has 0 spiro atoms. The highest BCUT2D eigenvalue weighted by Crippen LogP contribution is 2.14. The number of unbranched alkanes of at least 4 members (excludes halogenated alkanes) is 4. The van der Waals surface area contributed by atoms with Crippen LogP contribution in [-0.4, -0.2) is 18.2 Å². The van der Waals surface area contributed by atoms with E-state index in [1.807, 2.05) is 0 Å². The number of carbonyl (C=O) groups is 1. The Kier molecular flexibility index (Phi) is 8.73. The first-order valence-electron chi connectivity index (χ1n) is 6.49. The van der Waals surface area contributed by atoms with Crippen LogP contribution in [0.4, 0.5) is 4.39 Å². The van der Waals surface area contributed by atoms with Gasteiger partial charge in [-0.05, 0) is 20.3 Å². The van der Waals surface area contributed by atoms with Crippen LogP contribution in [0.25, 0.3) is 0 Å². The van der Waals surface area contributed by atoms with E-state index in [1.54, 1.807) is 13.8 Å². The lowest BCUT2D eigenvalue weighted by Crippen LogP contribution is -2.25. The van der Waals surface area contributed by atoms with E-state index in [9.17, 15) is 9.18 Å². The molecule has 2 nitrogen and oxygen atoms in total. The molecule has 0 rings (SSSR count). The van der Waals surface area contributed by atoms with Crippen molar-refractivity contribution in [2.45, 2.75) is 71.6 Å². The molecule has 0 saturated carbocycles.